The molecule has 0 saturated heterocycles. The number of benzene rings is 1. The van der Waals surface area contributed by atoms with E-state index in [1.165, 1.54) is 31.0 Å². The van der Waals surface area contributed by atoms with E-state index in [0.717, 1.165) is 23.9 Å². The van der Waals surface area contributed by atoms with Gasteiger partial charge in [-0.3, -0.25) is 0 Å². The second-order valence-corrected chi connectivity index (χ2v) is 8.24. The van der Waals surface area contributed by atoms with Crippen LogP contribution in [0, 0.1) is 11.3 Å². The summed E-state index contributed by atoms with van der Waals surface area (Å²) in [6, 6.07) is 9.90. The molecule has 0 spiro atoms. The van der Waals surface area contributed by atoms with Crippen LogP contribution in [0.1, 0.15) is 50.9 Å². The predicted molar refractivity (Wildman–Crippen MR) is 107 cm³/mol. The van der Waals surface area contributed by atoms with E-state index in [1.807, 2.05) is 35.9 Å². The second-order valence-electron chi connectivity index (χ2n) is 6.93. The summed E-state index contributed by atoms with van der Waals surface area (Å²) in [5.74, 6) is 0.324. The van der Waals surface area contributed by atoms with Gasteiger partial charge in [-0.1, -0.05) is 43.2 Å². The second kappa shape index (κ2) is 8.02. The molecule has 2 heterocycles. The van der Waals surface area contributed by atoms with E-state index in [0.29, 0.717) is 17.0 Å². The molecule has 1 unspecified atom stereocenters. The van der Waals surface area contributed by atoms with Crippen molar-refractivity contribution in [1.29, 1.82) is 5.26 Å². The van der Waals surface area contributed by atoms with Crippen LogP contribution in [0.2, 0.25) is 0 Å². The van der Waals surface area contributed by atoms with Crippen LogP contribution in [0.25, 0.3) is 16.6 Å². The Morgan fingerprint density at radius 3 is 2.86 bits per heavy atom. The number of fused-ring (bicyclic) bond motifs is 1. The van der Waals surface area contributed by atoms with Gasteiger partial charge in [0.25, 0.3) is 0 Å². The highest BCUT2D eigenvalue weighted by Crippen LogP contribution is 2.33. The van der Waals surface area contributed by atoms with Crippen molar-refractivity contribution in [1.82, 2.24) is 30.2 Å². The highest BCUT2D eigenvalue weighted by atomic mass is 32.2. The maximum absolute atomic E-state index is 10.8. The first-order valence-corrected chi connectivity index (χ1v) is 10.3. The number of aliphatic hydroxyl groups excluding tert-OH is 1. The minimum absolute atomic E-state index is 0.0373. The Hall–Kier alpha value is -2.86. The van der Waals surface area contributed by atoms with Crippen molar-refractivity contribution in [3.8, 4) is 6.07 Å². The Morgan fingerprint density at radius 2 is 2.11 bits per heavy atom. The number of hydrogen-bond acceptors (Lipinski definition) is 7. The maximum atomic E-state index is 10.8. The van der Waals surface area contributed by atoms with Gasteiger partial charge in [0.1, 0.15) is 17.4 Å². The van der Waals surface area contributed by atoms with Gasteiger partial charge in [0, 0.05) is 0 Å². The summed E-state index contributed by atoms with van der Waals surface area (Å²) >= 11 is 1.35. The first-order chi connectivity index (χ1) is 13.7. The molecule has 1 aliphatic rings. The van der Waals surface area contributed by atoms with Gasteiger partial charge in [-0.05, 0) is 42.3 Å². The Morgan fingerprint density at radius 1 is 1.32 bits per heavy atom. The number of para-hydroxylation sites is 2. The Labute approximate surface area is 166 Å². The number of nitrogens with one attached hydrogen (secondary N) is 1. The predicted octanol–water partition coefficient (Wildman–Crippen LogP) is 4.03. The number of thioether (sulfide) groups is 1. The van der Waals surface area contributed by atoms with Gasteiger partial charge in [0.2, 0.25) is 5.16 Å². The largest absolute Gasteiger partial charge is 0.510 e. The summed E-state index contributed by atoms with van der Waals surface area (Å²) in [6.07, 6.45) is 5.75. The molecular formula is C19H21N7OS. The normalized spacial score (nSPS) is 17.3. The number of nitrogens with zero attached hydrogens (tertiary/aromatic N) is 6. The number of aliphatic hydroxyl groups is 1. The van der Waals surface area contributed by atoms with E-state index in [1.54, 1.807) is 0 Å². The zero-order valence-electron chi connectivity index (χ0n) is 15.5. The van der Waals surface area contributed by atoms with Crippen molar-refractivity contribution in [2.45, 2.75) is 55.5 Å². The minimum atomic E-state index is -0.392. The van der Waals surface area contributed by atoms with Gasteiger partial charge in [0.15, 0.2) is 5.82 Å². The van der Waals surface area contributed by atoms with Crippen molar-refractivity contribution in [2.75, 3.05) is 0 Å². The SMILES string of the molecule is CC(Sc1nnnn1C1CCCCC1)/C(O)=C(/C#N)c1nc2ccccc2[nH]1. The number of hydrogen-bond donors (Lipinski definition) is 2. The smallest absolute Gasteiger partial charge is 0.210 e. The summed E-state index contributed by atoms with van der Waals surface area (Å²) < 4.78 is 1.86. The number of nitriles is 1. The molecule has 0 bridgehead atoms. The van der Waals surface area contributed by atoms with Crippen LogP contribution in [-0.2, 0) is 0 Å². The fraction of sp³-hybridized carbons (Fsp3) is 0.421. The molecule has 2 N–H and O–H groups in total. The van der Waals surface area contributed by atoms with E-state index in [-0.39, 0.29) is 11.3 Å². The van der Waals surface area contributed by atoms with Crippen molar-refractivity contribution in [3.05, 3.63) is 35.8 Å². The Bertz CT molecular complexity index is 1010. The van der Waals surface area contributed by atoms with Crippen molar-refractivity contribution < 1.29 is 5.11 Å². The van der Waals surface area contributed by atoms with E-state index >= 15 is 0 Å². The first-order valence-electron chi connectivity index (χ1n) is 9.40. The molecule has 1 atom stereocenters. The fourth-order valence-electron chi connectivity index (χ4n) is 3.54. The van der Waals surface area contributed by atoms with Crippen LogP contribution in [-0.4, -0.2) is 40.5 Å². The molecule has 0 amide bonds. The summed E-state index contributed by atoms with van der Waals surface area (Å²) in [6.45, 7) is 1.83. The molecule has 0 radical (unpaired) electrons. The van der Waals surface area contributed by atoms with E-state index in [9.17, 15) is 10.4 Å². The third-order valence-corrected chi connectivity index (χ3v) is 6.10. The third kappa shape index (κ3) is 3.60. The molecule has 1 aromatic carbocycles. The average molecular weight is 395 g/mol. The summed E-state index contributed by atoms with van der Waals surface area (Å²) in [7, 11) is 0. The molecule has 2 aromatic heterocycles. The van der Waals surface area contributed by atoms with Crippen LogP contribution in [0.4, 0.5) is 0 Å². The highest BCUT2D eigenvalue weighted by molar-refractivity contribution is 7.99. The van der Waals surface area contributed by atoms with Crippen LogP contribution >= 0.6 is 11.8 Å². The van der Waals surface area contributed by atoms with Crippen molar-refractivity contribution in [2.24, 2.45) is 0 Å². The number of aromatic amines is 1. The molecule has 8 nitrogen and oxygen atoms in total. The number of imidazole rings is 1. The van der Waals surface area contributed by atoms with Crippen LogP contribution in [0.15, 0.2) is 35.2 Å². The molecule has 28 heavy (non-hydrogen) atoms. The third-order valence-electron chi connectivity index (χ3n) is 5.04. The molecule has 4 rings (SSSR count). The van der Waals surface area contributed by atoms with Gasteiger partial charge in [0.05, 0.1) is 22.3 Å². The topological polar surface area (TPSA) is 116 Å². The number of H-pyrrole nitrogens is 1. The lowest BCUT2D eigenvalue weighted by Crippen LogP contribution is -2.16. The van der Waals surface area contributed by atoms with Crippen LogP contribution in [0.3, 0.4) is 0 Å². The molecule has 3 aromatic rings. The number of tetrazole rings is 1. The zero-order chi connectivity index (χ0) is 19.5. The van der Waals surface area contributed by atoms with Crippen molar-refractivity contribution in [3.63, 3.8) is 0 Å². The molecule has 9 heteroatoms. The molecule has 0 aliphatic heterocycles. The van der Waals surface area contributed by atoms with Gasteiger partial charge in [-0.15, -0.1) is 5.10 Å². The molecule has 144 valence electrons. The molecule has 1 aliphatic carbocycles. The Kier molecular flexibility index (Phi) is 5.30. The number of allylic oxidation sites excluding steroid dienone is 1. The highest BCUT2D eigenvalue weighted by Gasteiger charge is 2.24. The fourth-order valence-corrected chi connectivity index (χ4v) is 4.46. The van der Waals surface area contributed by atoms with Gasteiger partial charge >= 0.3 is 0 Å². The standard InChI is InChI=1S/C19H21N7OS/c1-12(28-19-23-24-25-26(19)13-7-3-2-4-8-13)17(27)14(11-20)18-21-15-9-5-6-10-16(15)22-18/h5-6,9-10,12-13,27H,2-4,7-8H2,1H3,(H,21,22)/b17-14+. The van der Waals surface area contributed by atoms with Crippen molar-refractivity contribution >= 4 is 28.4 Å². The molecule has 1 saturated carbocycles. The maximum Gasteiger partial charge on any atom is 0.210 e. The minimum Gasteiger partial charge on any atom is -0.510 e. The summed E-state index contributed by atoms with van der Waals surface area (Å²) in [5, 5.41) is 32.8. The van der Waals surface area contributed by atoms with E-state index < -0.39 is 5.25 Å². The summed E-state index contributed by atoms with van der Waals surface area (Å²) in [5.41, 5.74) is 1.70. The van der Waals surface area contributed by atoms with Crippen LogP contribution in [0.5, 0.6) is 0 Å². The van der Waals surface area contributed by atoms with Gasteiger partial charge < -0.3 is 10.1 Å². The Balaban J connectivity index is 1.59. The summed E-state index contributed by atoms with van der Waals surface area (Å²) in [4.78, 5) is 7.52. The zero-order valence-corrected chi connectivity index (χ0v) is 16.4. The monoisotopic (exact) mass is 395 g/mol. The van der Waals surface area contributed by atoms with Gasteiger partial charge in [-0.25, -0.2) is 9.67 Å². The lowest BCUT2D eigenvalue weighted by atomic mass is 9.96. The first kappa shape index (κ1) is 18.5. The average Bonchev–Trinajstić information content (AvgIpc) is 3.35. The molecular weight excluding hydrogens is 374 g/mol. The lowest BCUT2D eigenvalue weighted by molar-refractivity contribution is 0.307. The van der Waals surface area contributed by atoms with E-state index in [4.69, 9.17) is 0 Å². The number of rotatable bonds is 5. The quantitative estimate of drug-likeness (QED) is 0.380. The number of aromatic nitrogens is 6. The van der Waals surface area contributed by atoms with Gasteiger partial charge in [-0.2, -0.15) is 5.26 Å². The molecule has 1 fully saturated rings. The van der Waals surface area contributed by atoms with Crippen LogP contribution < -0.4 is 0 Å². The van der Waals surface area contributed by atoms with E-state index in [2.05, 4.69) is 31.6 Å². The lowest BCUT2D eigenvalue weighted by Gasteiger charge is -2.22.